The van der Waals surface area contributed by atoms with E-state index in [-0.39, 0.29) is 0 Å². The lowest BCUT2D eigenvalue weighted by atomic mass is 10.0. The van der Waals surface area contributed by atoms with E-state index in [0.29, 0.717) is 17.5 Å². The van der Waals surface area contributed by atoms with Crippen LogP contribution in [0.3, 0.4) is 0 Å². The van der Waals surface area contributed by atoms with Gasteiger partial charge in [-0.2, -0.15) is 0 Å². The normalized spacial score (nSPS) is 12.0. The van der Waals surface area contributed by atoms with E-state index in [2.05, 4.69) is 209 Å². The zero-order chi connectivity index (χ0) is 42.6. The van der Waals surface area contributed by atoms with Crippen molar-refractivity contribution in [3.8, 4) is 45.5 Å². The van der Waals surface area contributed by atoms with Crippen LogP contribution in [-0.2, 0) is 0 Å². The smallest absolute Gasteiger partial charge is 0.164 e. The summed E-state index contributed by atoms with van der Waals surface area (Å²) in [6, 6.07) is 75.1. The van der Waals surface area contributed by atoms with E-state index >= 15 is 0 Å². The minimum absolute atomic E-state index is 0.552. The molecular weight excluding hydrogens is 795 g/mol. The van der Waals surface area contributed by atoms with Crippen LogP contribution in [0.2, 0.25) is 0 Å². The van der Waals surface area contributed by atoms with Crippen molar-refractivity contribution in [1.29, 1.82) is 0 Å². The third kappa shape index (κ3) is 5.51. The maximum absolute atomic E-state index is 6.77. The highest BCUT2D eigenvalue weighted by Crippen LogP contribution is 2.42. The summed E-state index contributed by atoms with van der Waals surface area (Å²) in [4.78, 5) is 16.0. The Bertz CT molecular complexity index is 4250. The summed E-state index contributed by atoms with van der Waals surface area (Å²) in [5, 5.41) is 11.5. The molecule has 6 nitrogen and oxygen atoms in total. The molecule has 65 heavy (non-hydrogen) atoms. The van der Waals surface area contributed by atoms with Crippen LogP contribution in [0.1, 0.15) is 0 Å². The molecule has 0 spiro atoms. The molecule has 6 heteroatoms. The second-order valence-corrected chi connectivity index (χ2v) is 16.8. The second-order valence-electron chi connectivity index (χ2n) is 16.8. The molecule has 0 saturated carbocycles. The number of rotatable bonds is 5. The number of aromatic nitrogens is 5. The molecule has 0 radical (unpaired) electrons. The Morgan fingerprint density at radius 3 is 1.62 bits per heavy atom. The maximum atomic E-state index is 6.77. The SMILES string of the molecule is c1ccc(-n2c3ccccc3c3ccc(-c4nc(-c5ccc6ccccc6c5)nc(-c5cc(-n6c7ccccc7c7cc8ccccc8cc76)c6c(c5)oc5ccccc56)n4)cc32)cc1. The van der Waals surface area contributed by atoms with Gasteiger partial charge >= 0.3 is 0 Å². The monoisotopic (exact) mass is 829 g/mol. The van der Waals surface area contributed by atoms with Gasteiger partial charge in [-0.15, -0.1) is 0 Å². The first kappa shape index (κ1) is 35.7. The lowest BCUT2D eigenvalue weighted by Gasteiger charge is -2.14. The van der Waals surface area contributed by atoms with Crippen LogP contribution in [0.4, 0.5) is 0 Å². The van der Waals surface area contributed by atoms with E-state index in [1.165, 1.54) is 26.9 Å². The first-order valence-corrected chi connectivity index (χ1v) is 21.9. The zero-order valence-electron chi connectivity index (χ0n) is 34.9. The lowest BCUT2D eigenvalue weighted by molar-refractivity contribution is 0.669. The third-order valence-electron chi connectivity index (χ3n) is 13.1. The molecule has 0 saturated heterocycles. The number of hydrogen-bond donors (Lipinski definition) is 0. The molecule has 0 bridgehead atoms. The molecule has 14 aromatic rings. The van der Waals surface area contributed by atoms with E-state index in [4.69, 9.17) is 19.4 Å². The van der Waals surface area contributed by atoms with Gasteiger partial charge in [-0.1, -0.05) is 146 Å². The summed E-state index contributed by atoms with van der Waals surface area (Å²) in [7, 11) is 0. The van der Waals surface area contributed by atoms with Crippen LogP contribution in [0.5, 0.6) is 0 Å². The van der Waals surface area contributed by atoms with Crippen molar-refractivity contribution in [2.45, 2.75) is 0 Å². The molecule has 0 unspecified atom stereocenters. The molecular formula is C59H35N5O. The highest BCUT2D eigenvalue weighted by Gasteiger charge is 2.23. The van der Waals surface area contributed by atoms with Crippen molar-refractivity contribution in [2.75, 3.05) is 0 Å². The van der Waals surface area contributed by atoms with E-state index in [1.54, 1.807) is 0 Å². The Hall–Kier alpha value is -8.87. The van der Waals surface area contributed by atoms with Crippen molar-refractivity contribution in [1.82, 2.24) is 24.1 Å². The molecule has 0 aliphatic carbocycles. The van der Waals surface area contributed by atoms with Gasteiger partial charge < -0.3 is 13.6 Å². The fourth-order valence-corrected chi connectivity index (χ4v) is 10.1. The molecule has 0 aliphatic heterocycles. The quantitative estimate of drug-likeness (QED) is 0.173. The molecule has 0 atom stereocenters. The van der Waals surface area contributed by atoms with Gasteiger partial charge in [0, 0.05) is 49.3 Å². The topological polar surface area (TPSA) is 61.7 Å². The molecule has 0 N–H and O–H groups in total. The molecule has 10 aromatic carbocycles. The van der Waals surface area contributed by atoms with E-state index in [9.17, 15) is 0 Å². The van der Waals surface area contributed by atoms with Crippen molar-refractivity contribution in [2.24, 2.45) is 0 Å². The van der Waals surface area contributed by atoms with E-state index < -0.39 is 0 Å². The summed E-state index contributed by atoms with van der Waals surface area (Å²) >= 11 is 0. The average molecular weight is 830 g/mol. The fraction of sp³-hybridized carbons (Fsp3) is 0. The highest BCUT2D eigenvalue weighted by atomic mass is 16.3. The molecule has 14 rings (SSSR count). The van der Waals surface area contributed by atoms with Crippen LogP contribution in [0.15, 0.2) is 217 Å². The summed E-state index contributed by atoms with van der Waals surface area (Å²) < 4.78 is 11.5. The number of nitrogens with zero attached hydrogens (tertiary/aromatic N) is 5. The summed E-state index contributed by atoms with van der Waals surface area (Å²) in [6.45, 7) is 0. The molecule has 0 fully saturated rings. The predicted octanol–water partition coefficient (Wildman–Crippen LogP) is 15.3. The summed E-state index contributed by atoms with van der Waals surface area (Å²) in [5.41, 5.74) is 10.7. The van der Waals surface area contributed by atoms with Gasteiger partial charge in [-0.25, -0.2) is 15.0 Å². The van der Waals surface area contributed by atoms with E-state index in [1.807, 2.05) is 12.1 Å². The summed E-state index contributed by atoms with van der Waals surface area (Å²) in [5.74, 6) is 1.73. The first-order chi connectivity index (χ1) is 32.2. The molecule has 302 valence electrons. The molecule has 0 amide bonds. The van der Waals surface area contributed by atoms with Crippen molar-refractivity contribution < 1.29 is 4.42 Å². The minimum atomic E-state index is 0.552. The fourth-order valence-electron chi connectivity index (χ4n) is 10.1. The predicted molar refractivity (Wildman–Crippen MR) is 267 cm³/mol. The van der Waals surface area contributed by atoms with Crippen LogP contribution in [-0.4, -0.2) is 24.1 Å². The number of hydrogen-bond acceptors (Lipinski definition) is 4. The van der Waals surface area contributed by atoms with Gasteiger partial charge in [0.2, 0.25) is 0 Å². The van der Waals surface area contributed by atoms with Crippen LogP contribution in [0.25, 0.3) is 133 Å². The van der Waals surface area contributed by atoms with Crippen molar-refractivity contribution in [3.05, 3.63) is 212 Å². The highest BCUT2D eigenvalue weighted by molar-refractivity contribution is 6.17. The van der Waals surface area contributed by atoms with Gasteiger partial charge in [0.05, 0.1) is 33.1 Å². The number of benzene rings is 10. The Morgan fingerprint density at radius 2 is 0.846 bits per heavy atom. The lowest BCUT2D eigenvalue weighted by Crippen LogP contribution is -2.02. The number of para-hydroxylation sites is 4. The first-order valence-electron chi connectivity index (χ1n) is 21.9. The largest absolute Gasteiger partial charge is 0.456 e. The zero-order valence-corrected chi connectivity index (χ0v) is 34.9. The van der Waals surface area contributed by atoms with Gasteiger partial charge in [-0.3, -0.25) is 0 Å². The van der Waals surface area contributed by atoms with Gasteiger partial charge in [-0.05, 0) is 88.3 Å². The van der Waals surface area contributed by atoms with Crippen molar-refractivity contribution in [3.63, 3.8) is 0 Å². The average Bonchev–Trinajstić information content (AvgIpc) is 4.02. The third-order valence-corrected chi connectivity index (χ3v) is 13.1. The van der Waals surface area contributed by atoms with Gasteiger partial charge in [0.1, 0.15) is 11.2 Å². The Labute approximate surface area is 371 Å². The van der Waals surface area contributed by atoms with Crippen LogP contribution in [0, 0.1) is 0 Å². The Kier molecular flexibility index (Phi) is 7.59. The van der Waals surface area contributed by atoms with Crippen LogP contribution >= 0.6 is 0 Å². The number of furan rings is 1. The van der Waals surface area contributed by atoms with Crippen LogP contribution < -0.4 is 0 Å². The molecule has 4 aromatic heterocycles. The second kappa shape index (κ2) is 13.8. The van der Waals surface area contributed by atoms with Gasteiger partial charge in [0.25, 0.3) is 0 Å². The van der Waals surface area contributed by atoms with E-state index in [0.717, 1.165) is 88.2 Å². The molecule has 0 aliphatic rings. The number of fused-ring (bicyclic) bond motifs is 11. The minimum Gasteiger partial charge on any atom is -0.456 e. The Morgan fingerprint density at radius 1 is 0.308 bits per heavy atom. The van der Waals surface area contributed by atoms with Crippen molar-refractivity contribution >= 4 is 87.1 Å². The van der Waals surface area contributed by atoms with Gasteiger partial charge in [0.15, 0.2) is 17.5 Å². The maximum Gasteiger partial charge on any atom is 0.164 e. The summed E-state index contributed by atoms with van der Waals surface area (Å²) in [6.07, 6.45) is 0. The molecule has 4 heterocycles. The standard InChI is InChI=1S/C59H35N5O/c1-2-18-43(19-3-1)63-49-23-11-8-20-44(49)46-29-28-41(33-51(46)63)58-60-57(40-27-26-36-14-4-5-15-37(36)30-40)61-59(62-58)42-34-53(56-47-22-10-13-25-54(47)65-55(56)35-42)64-50-24-12-9-21-45(50)48-31-38-16-6-7-17-39(38)32-52(48)64/h1-35H. The Balaban J connectivity index is 1.06.